The van der Waals surface area contributed by atoms with Crippen molar-refractivity contribution in [2.75, 3.05) is 6.54 Å². The van der Waals surface area contributed by atoms with Crippen molar-refractivity contribution < 1.29 is 14.4 Å². The zero-order valence-electron chi connectivity index (χ0n) is 10.1. The summed E-state index contributed by atoms with van der Waals surface area (Å²) in [5, 5.41) is 2.23. The fourth-order valence-corrected chi connectivity index (χ4v) is 2.54. The van der Waals surface area contributed by atoms with Crippen molar-refractivity contribution in [1.29, 1.82) is 0 Å². The van der Waals surface area contributed by atoms with E-state index in [1.807, 2.05) is 0 Å². The molecule has 0 aromatic carbocycles. The van der Waals surface area contributed by atoms with Crippen LogP contribution >= 0.6 is 12.2 Å². The summed E-state index contributed by atoms with van der Waals surface area (Å²) in [5.74, 6) is -1.18. The lowest BCUT2D eigenvalue weighted by Crippen LogP contribution is -2.61. The second-order valence-corrected chi connectivity index (χ2v) is 5.16. The lowest BCUT2D eigenvalue weighted by molar-refractivity contribution is -0.151. The van der Waals surface area contributed by atoms with Crippen LogP contribution in [-0.4, -0.2) is 40.2 Å². The Bertz CT molecular complexity index is 445. The maximum atomic E-state index is 12.4. The number of hydrogen-bond donors (Lipinski definition) is 2. The van der Waals surface area contributed by atoms with Crippen molar-refractivity contribution >= 4 is 34.9 Å². The van der Waals surface area contributed by atoms with Crippen molar-refractivity contribution in [3.63, 3.8) is 0 Å². The summed E-state index contributed by atoms with van der Waals surface area (Å²) < 4.78 is 0. The number of amides is 3. The van der Waals surface area contributed by atoms with Crippen molar-refractivity contribution in [2.24, 2.45) is 11.1 Å². The highest BCUT2D eigenvalue weighted by molar-refractivity contribution is 7.80. The summed E-state index contributed by atoms with van der Waals surface area (Å²) in [6, 6.07) is -0.609. The smallest absolute Gasteiger partial charge is 0.249 e. The molecule has 0 aromatic rings. The predicted octanol–water partition coefficient (Wildman–Crippen LogP) is -0.684. The maximum absolute atomic E-state index is 12.4. The Morgan fingerprint density at radius 1 is 1.56 bits per heavy atom. The first kappa shape index (κ1) is 12.9. The molecule has 1 saturated carbocycles. The van der Waals surface area contributed by atoms with Gasteiger partial charge >= 0.3 is 0 Å². The summed E-state index contributed by atoms with van der Waals surface area (Å²) in [6.07, 6.45) is 1.66. The van der Waals surface area contributed by atoms with E-state index < -0.39 is 23.3 Å². The van der Waals surface area contributed by atoms with Gasteiger partial charge in [0.2, 0.25) is 17.7 Å². The molecule has 6 nitrogen and oxygen atoms in total. The van der Waals surface area contributed by atoms with Gasteiger partial charge in [0.15, 0.2) is 0 Å². The molecular formula is C11H15N3O3S. The van der Waals surface area contributed by atoms with E-state index >= 15 is 0 Å². The second-order valence-electron chi connectivity index (χ2n) is 4.72. The Labute approximate surface area is 110 Å². The molecule has 7 heteroatoms. The lowest BCUT2D eigenvalue weighted by Gasteiger charge is -2.35. The van der Waals surface area contributed by atoms with Gasteiger partial charge in [-0.15, -0.1) is 0 Å². The van der Waals surface area contributed by atoms with Crippen LogP contribution in [-0.2, 0) is 14.4 Å². The Morgan fingerprint density at radius 2 is 2.17 bits per heavy atom. The first-order chi connectivity index (χ1) is 8.42. The predicted molar refractivity (Wildman–Crippen MR) is 67.4 cm³/mol. The molecule has 3 N–H and O–H groups in total. The van der Waals surface area contributed by atoms with E-state index in [1.165, 1.54) is 4.90 Å². The van der Waals surface area contributed by atoms with E-state index in [2.05, 4.69) is 5.32 Å². The lowest BCUT2D eigenvalue weighted by atomic mass is 10.0. The third-order valence-corrected chi connectivity index (χ3v) is 3.92. The Morgan fingerprint density at radius 3 is 2.61 bits per heavy atom. The zero-order valence-corrected chi connectivity index (χ0v) is 10.9. The van der Waals surface area contributed by atoms with Crippen LogP contribution < -0.4 is 11.1 Å². The molecule has 0 spiro atoms. The quantitative estimate of drug-likeness (QED) is 0.523. The highest BCUT2D eigenvalue weighted by atomic mass is 32.1. The largest absolute Gasteiger partial charge is 0.392 e. The molecule has 2 aliphatic rings. The van der Waals surface area contributed by atoms with Crippen LogP contribution in [0.15, 0.2) is 0 Å². The normalized spacial score (nSPS) is 25.6. The Hall–Kier alpha value is -1.50. The van der Waals surface area contributed by atoms with E-state index in [-0.39, 0.29) is 17.4 Å². The molecule has 1 atom stereocenters. The number of nitrogens with zero attached hydrogens (tertiary/aromatic N) is 1. The molecular weight excluding hydrogens is 254 g/mol. The summed E-state index contributed by atoms with van der Waals surface area (Å²) in [4.78, 5) is 36.9. The molecule has 1 unspecified atom stereocenters. The number of nitrogens with two attached hydrogens (primary N) is 1. The first-order valence-corrected chi connectivity index (χ1v) is 6.28. The third-order valence-electron chi connectivity index (χ3n) is 3.53. The number of rotatable bonds is 3. The standard InChI is InChI=1S/C11H15N3O3S/c1-2-6-8(16)13-7(15)5-14(6)10(17)11(3-4-11)9(12)18/h6H,2-5H2,1H3,(H2,12,18)(H,13,15,16). The number of carbonyl (C=O) groups is 3. The van der Waals surface area contributed by atoms with Crippen LogP contribution in [0.25, 0.3) is 0 Å². The average Bonchev–Trinajstić information content (AvgIpc) is 3.08. The first-order valence-electron chi connectivity index (χ1n) is 5.87. The molecule has 18 heavy (non-hydrogen) atoms. The van der Waals surface area contributed by atoms with E-state index in [4.69, 9.17) is 18.0 Å². The van der Waals surface area contributed by atoms with Gasteiger partial charge in [0.1, 0.15) is 12.6 Å². The van der Waals surface area contributed by atoms with Crippen molar-refractivity contribution in [2.45, 2.75) is 32.2 Å². The summed E-state index contributed by atoms with van der Waals surface area (Å²) in [6.45, 7) is 1.69. The Balaban J connectivity index is 2.25. The van der Waals surface area contributed by atoms with Crippen LogP contribution in [0, 0.1) is 5.41 Å². The number of imide groups is 1. The van der Waals surface area contributed by atoms with Crippen LogP contribution in [0.1, 0.15) is 26.2 Å². The molecule has 1 aliphatic carbocycles. The number of hydrogen-bond acceptors (Lipinski definition) is 4. The second kappa shape index (κ2) is 4.31. The van der Waals surface area contributed by atoms with Gasteiger partial charge in [-0.1, -0.05) is 19.1 Å². The van der Waals surface area contributed by atoms with Crippen molar-refractivity contribution in [3.05, 3.63) is 0 Å². The number of piperazine rings is 1. The number of thiocarbonyl (C=S) groups is 1. The molecule has 1 saturated heterocycles. The topological polar surface area (TPSA) is 92.5 Å². The summed E-state index contributed by atoms with van der Waals surface area (Å²) in [5.41, 5.74) is 4.78. The minimum absolute atomic E-state index is 0.104. The number of nitrogens with one attached hydrogen (secondary N) is 1. The van der Waals surface area contributed by atoms with Crippen LogP contribution in [0.4, 0.5) is 0 Å². The molecule has 0 aromatic heterocycles. The van der Waals surface area contributed by atoms with E-state index in [9.17, 15) is 14.4 Å². The van der Waals surface area contributed by atoms with Crippen molar-refractivity contribution in [3.8, 4) is 0 Å². The minimum Gasteiger partial charge on any atom is -0.392 e. The number of carbonyl (C=O) groups excluding carboxylic acids is 3. The highest BCUT2D eigenvalue weighted by Gasteiger charge is 2.56. The molecule has 1 aliphatic heterocycles. The maximum Gasteiger partial charge on any atom is 0.249 e. The van der Waals surface area contributed by atoms with Gasteiger partial charge in [0, 0.05) is 0 Å². The SMILES string of the molecule is CCC1C(=O)NC(=O)CN1C(=O)C1(C(N)=S)CC1. The highest BCUT2D eigenvalue weighted by Crippen LogP contribution is 2.48. The molecule has 0 bridgehead atoms. The van der Waals surface area contributed by atoms with Gasteiger partial charge < -0.3 is 10.6 Å². The van der Waals surface area contributed by atoms with Gasteiger partial charge in [-0.05, 0) is 19.3 Å². The molecule has 2 fully saturated rings. The van der Waals surface area contributed by atoms with Gasteiger partial charge in [-0.3, -0.25) is 19.7 Å². The summed E-state index contributed by atoms with van der Waals surface area (Å²) in [7, 11) is 0. The zero-order chi connectivity index (χ0) is 13.5. The summed E-state index contributed by atoms with van der Waals surface area (Å²) >= 11 is 4.92. The van der Waals surface area contributed by atoms with Gasteiger partial charge in [0.25, 0.3) is 0 Å². The fourth-order valence-electron chi connectivity index (χ4n) is 2.25. The molecule has 98 valence electrons. The van der Waals surface area contributed by atoms with Crippen LogP contribution in [0.3, 0.4) is 0 Å². The molecule has 3 amide bonds. The third kappa shape index (κ3) is 1.88. The molecule has 2 rings (SSSR count). The van der Waals surface area contributed by atoms with E-state index in [1.54, 1.807) is 6.92 Å². The van der Waals surface area contributed by atoms with E-state index in [0.717, 1.165) is 0 Å². The van der Waals surface area contributed by atoms with E-state index in [0.29, 0.717) is 19.3 Å². The van der Waals surface area contributed by atoms with Crippen LogP contribution in [0.2, 0.25) is 0 Å². The average molecular weight is 269 g/mol. The molecule has 1 heterocycles. The molecule has 0 radical (unpaired) electrons. The van der Waals surface area contributed by atoms with Crippen LogP contribution in [0.5, 0.6) is 0 Å². The minimum atomic E-state index is -0.819. The van der Waals surface area contributed by atoms with Gasteiger partial charge in [-0.2, -0.15) is 0 Å². The van der Waals surface area contributed by atoms with Gasteiger partial charge in [-0.25, -0.2) is 0 Å². The Kier molecular flexibility index (Phi) is 3.10. The monoisotopic (exact) mass is 269 g/mol. The van der Waals surface area contributed by atoms with Gasteiger partial charge in [0.05, 0.1) is 10.4 Å². The van der Waals surface area contributed by atoms with Crippen molar-refractivity contribution in [1.82, 2.24) is 10.2 Å². The fraction of sp³-hybridized carbons (Fsp3) is 0.636.